The van der Waals surface area contributed by atoms with E-state index in [4.69, 9.17) is 7.85 Å². The molecule has 192 valence electrons. The summed E-state index contributed by atoms with van der Waals surface area (Å²) in [5.41, 5.74) is 14.5. The normalized spacial score (nSPS) is 13.4. The first kappa shape index (κ1) is 24.0. The van der Waals surface area contributed by atoms with Crippen molar-refractivity contribution in [1.82, 2.24) is 4.57 Å². The third-order valence-electron chi connectivity index (χ3n) is 8.92. The Morgan fingerprint density at radius 1 is 0.488 bits per heavy atom. The highest BCUT2D eigenvalue weighted by atomic mass is 15.0. The minimum atomic E-state index is -0.0916. The van der Waals surface area contributed by atoms with Crippen LogP contribution in [0.25, 0.3) is 60.9 Å². The molecule has 6 aromatic carbocycles. The topological polar surface area (TPSA) is 4.93 Å². The van der Waals surface area contributed by atoms with Gasteiger partial charge in [-0.05, 0) is 87.0 Å². The predicted octanol–water partition coefficient (Wildman–Crippen LogP) is 9.22. The molecule has 0 bridgehead atoms. The first-order valence-electron chi connectivity index (χ1n) is 14.2. The number of aromatic nitrogens is 1. The monoisotopic (exact) mass is 521 g/mol. The molecule has 2 heteroatoms. The number of hydrogen-bond donors (Lipinski definition) is 0. The third-order valence-corrected chi connectivity index (χ3v) is 8.92. The summed E-state index contributed by atoms with van der Waals surface area (Å²) in [6, 6.07) is 48.4. The van der Waals surface area contributed by atoms with Crippen molar-refractivity contribution < 1.29 is 0 Å². The summed E-state index contributed by atoms with van der Waals surface area (Å²) in [6.07, 6.45) is 0. The smallest absolute Gasteiger partial charge is 0.113 e. The van der Waals surface area contributed by atoms with E-state index in [1.807, 2.05) is 6.07 Å². The quantitative estimate of drug-likeness (QED) is 0.204. The molecule has 0 N–H and O–H groups in total. The first-order valence-corrected chi connectivity index (χ1v) is 14.2. The van der Waals surface area contributed by atoms with Gasteiger partial charge < -0.3 is 4.57 Å². The molecule has 0 saturated heterocycles. The molecule has 2 radical (unpaired) electrons. The SMILES string of the molecule is [B]c1ccc2c(c1)C(C)(C)c1cc(-c3cccc(-c4ccc5c(c4)c4ccccc4n5-c4ccccc4)c3)ccc1-2. The number of para-hydroxylation sites is 2. The molecule has 1 aromatic heterocycles. The van der Waals surface area contributed by atoms with Crippen molar-refractivity contribution in [3.8, 4) is 39.1 Å². The van der Waals surface area contributed by atoms with E-state index in [-0.39, 0.29) is 5.41 Å². The van der Waals surface area contributed by atoms with Gasteiger partial charge >= 0.3 is 0 Å². The van der Waals surface area contributed by atoms with Crippen molar-refractivity contribution in [3.63, 3.8) is 0 Å². The minimum Gasteiger partial charge on any atom is -0.309 e. The van der Waals surface area contributed by atoms with Gasteiger partial charge in [-0.1, -0.05) is 110 Å². The van der Waals surface area contributed by atoms with Gasteiger partial charge in [0.05, 0.1) is 11.0 Å². The molecular weight excluding hydrogens is 493 g/mol. The van der Waals surface area contributed by atoms with Gasteiger partial charge in [-0.2, -0.15) is 0 Å². The molecule has 1 heterocycles. The molecule has 0 saturated carbocycles. The second-order valence-corrected chi connectivity index (χ2v) is 11.7. The number of fused-ring (bicyclic) bond motifs is 6. The lowest BCUT2D eigenvalue weighted by molar-refractivity contribution is 0.661. The lowest BCUT2D eigenvalue weighted by Crippen LogP contribution is -2.17. The van der Waals surface area contributed by atoms with Gasteiger partial charge in [-0.15, -0.1) is 0 Å². The summed E-state index contributed by atoms with van der Waals surface area (Å²) < 4.78 is 2.36. The van der Waals surface area contributed by atoms with Crippen molar-refractivity contribution in [2.45, 2.75) is 19.3 Å². The molecule has 0 unspecified atom stereocenters. The van der Waals surface area contributed by atoms with Gasteiger partial charge in [0.15, 0.2) is 0 Å². The second kappa shape index (κ2) is 8.84. The third kappa shape index (κ3) is 3.64. The molecule has 0 aliphatic heterocycles. The molecule has 1 aliphatic rings. The molecule has 0 fully saturated rings. The summed E-state index contributed by atoms with van der Waals surface area (Å²) in [5, 5.41) is 2.54. The van der Waals surface area contributed by atoms with E-state index < -0.39 is 0 Å². The summed E-state index contributed by atoms with van der Waals surface area (Å²) in [5.74, 6) is 0. The van der Waals surface area contributed by atoms with E-state index in [2.05, 4.69) is 146 Å². The van der Waals surface area contributed by atoms with Gasteiger partial charge in [0.2, 0.25) is 0 Å². The fourth-order valence-corrected chi connectivity index (χ4v) is 6.82. The lowest BCUT2D eigenvalue weighted by Gasteiger charge is -2.22. The fourth-order valence-electron chi connectivity index (χ4n) is 6.82. The van der Waals surface area contributed by atoms with Crippen LogP contribution in [0.5, 0.6) is 0 Å². The Morgan fingerprint density at radius 2 is 1.10 bits per heavy atom. The van der Waals surface area contributed by atoms with Crippen LogP contribution in [0, 0.1) is 0 Å². The molecule has 0 spiro atoms. The Morgan fingerprint density at radius 3 is 1.90 bits per heavy atom. The maximum atomic E-state index is 6.17. The predicted molar refractivity (Wildman–Crippen MR) is 175 cm³/mol. The zero-order valence-electron chi connectivity index (χ0n) is 23.2. The van der Waals surface area contributed by atoms with E-state index >= 15 is 0 Å². The van der Waals surface area contributed by atoms with Crippen LogP contribution in [0.2, 0.25) is 0 Å². The lowest BCUT2D eigenvalue weighted by atomic mass is 9.79. The van der Waals surface area contributed by atoms with Crippen LogP contribution in [0.4, 0.5) is 0 Å². The summed E-state index contributed by atoms with van der Waals surface area (Å²) in [4.78, 5) is 0. The van der Waals surface area contributed by atoms with E-state index in [9.17, 15) is 0 Å². The van der Waals surface area contributed by atoms with Gasteiger partial charge in [0, 0.05) is 21.9 Å². The van der Waals surface area contributed by atoms with Gasteiger partial charge in [0.25, 0.3) is 0 Å². The molecular formula is C39H28BN. The van der Waals surface area contributed by atoms with Crippen molar-refractivity contribution in [2.24, 2.45) is 0 Å². The van der Waals surface area contributed by atoms with E-state index in [1.165, 1.54) is 72.0 Å². The molecule has 1 aliphatic carbocycles. The van der Waals surface area contributed by atoms with Crippen molar-refractivity contribution in [2.75, 3.05) is 0 Å². The van der Waals surface area contributed by atoms with Gasteiger partial charge in [0.1, 0.15) is 7.85 Å². The average molecular weight is 521 g/mol. The molecule has 0 amide bonds. The Kier molecular flexibility index (Phi) is 5.18. The van der Waals surface area contributed by atoms with E-state index in [0.29, 0.717) is 0 Å². The number of hydrogen-bond acceptors (Lipinski definition) is 0. The maximum Gasteiger partial charge on any atom is 0.113 e. The minimum absolute atomic E-state index is 0.0916. The van der Waals surface area contributed by atoms with Gasteiger partial charge in [-0.3, -0.25) is 0 Å². The Balaban J connectivity index is 1.24. The fraction of sp³-hybridized carbons (Fsp3) is 0.0769. The summed E-state index contributed by atoms with van der Waals surface area (Å²) in [6.45, 7) is 4.61. The molecule has 1 nitrogen and oxygen atoms in total. The van der Waals surface area contributed by atoms with Crippen LogP contribution in [-0.2, 0) is 5.41 Å². The zero-order valence-corrected chi connectivity index (χ0v) is 23.2. The average Bonchev–Trinajstić information content (AvgIpc) is 3.45. The van der Waals surface area contributed by atoms with Crippen LogP contribution < -0.4 is 5.46 Å². The largest absolute Gasteiger partial charge is 0.309 e. The highest BCUT2D eigenvalue weighted by molar-refractivity contribution is 6.32. The van der Waals surface area contributed by atoms with Crippen LogP contribution in [0.3, 0.4) is 0 Å². The highest BCUT2D eigenvalue weighted by Gasteiger charge is 2.35. The highest BCUT2D eigenvalue weighted by Crippen LogP contribution is 2.49. The Hall–Kier alpha value is -4.82. The maximum absolute atomic E-state index is 6.17. The van der Waals surface area contributed by atoms with Crippen LogP contribution >= 0.6 is 0 Å². The van der Waals surface area contributed by atoms with E-state index in [0.717, 1.165) is 5.46 Å². The molecule has 8 rings (SSSR count). The van der Waals surface area contributed by atoms with E-state index in [1.54, 1.807) is 0 Å². The number of rotatable bonds is 3. The molecule has 0 atom stereocenters. The number of nitrogens with zero attached hydrogens (tertiary/aromatic N) is 1. The van der Waals surface area contributed by atoms with Crippen LogP contribution in [-0.4, -0.2) is 12.4 Å². The first-order chi connectivity index (χ1) is 20.0. The molecule has 41 heavy (non-hydrogen) atoms. The second-order valence-electron chi connectivity index (χ2n) is 11.7. The standard InChI is InChI=1S/C39H28BN/c1-39(2)35-23-28(15-18-31(35)32-19-17-29(40)24-36(32)39)26-10-8-9-25(21-26)27-16-20-38-34(22-27)33-13-6-7-14-37(33)41(38)30-11-4-3-5-12-30/h3-24H,1-2H3. The Labute approximate surface area is 242 Å². The van der Waals surface area contributed by atoms with Crippen LogP contribution in [0.15, 0.2) is 133 Å². The molecule has 7 aromatic rings. The zero-order chi connectivity index (χ0) is 27.7. The van der Waals surface area contributed by atoms with Crippen molar-refractivity contribution in [1.29, 1.82) is 0 Å². The van der Waals surface area contributed by atoms with Gasteiger partial charge in [-0.25, -0.2) is 0 Å². The van der Waals surface area contributed by atoms with Crippen LogP contribution in [0.1, 0.15) is 25.0 Å². The number of benzene rings is 6. The van der Waals surface area contributed by atoms with Crippen molar-refractivity contribution >= 4 is 35.1 Å². The van der Waals surface area contributed by atoms with Crippen molar-refractivity contribution in [3.05, 3.63) is 145 Å². The Bertz CT molecular complexity index is 2130. The summed E-state index contributed by atoms with van der Waals surface area (Å²) in [7, 11) is 6.17. The summed E-state index contributed by atoms with van der Waals surface area (Å²) >= 11 is 0.